The van der Waals surface area contributed by atoms with Gasteiger partial charge >= 0.3 is 0 Å². The molecule has 78 valence electrons. The molecule has 4 rings (SSSR count). The molecule has 0 amide bonds. The van der Waals surface area contributed by atoms with Gasteiger partial charge in [-0.05, 0) is 11.1 Å². The normalized spacial score (nSPS) is 41.3. The Balaban J connectivity index is 1.76. The minimum absolute atomic E-state index is 0.135. The molecular weight excluding hydrogens is 192 g/mol. The van der Waals surface area contributed by atoms with Crippen LogP contribution in [0, 0.1) is 0 Å². The van der Waals surface area contributed by atoms with E-state index in [0.717, 1.165) is 13.2 Å². The van der Waals surface area contributed by atoms with Gasteiger partial charge in [0.1, 0.15) is 24.4 Å². The lowest BCUT2D eigenvalue weighted by molar-refractivity contribution is -0.0170. The zero-order valence-corrected chi connectivity index (χ0v) is 8.26. The van der Waals surface area contributed by atoms with Crippen LogP contribution in [-0.4, -0.2) is 25.4 Å². The molecule has 4 atom stereocenters. The molecule has 2 fully saturated rings. The minimum Gasteiger partial charge on any atom is -0.370 e. The molecule has 3 aliphatic rings. The number of epoxide rings is 2. The SMILES string of the molecule is c1ccc2c(c1)C(C1CO1)OC2C1CO1. The summed E-state index contributed by atoms with van der Waals surface area (Å²) in [5.74, 6) is 0. The summed E-state index contributed by atoms with van der Waals surface area (Å²) < 4.78 is 16.7. The van der Waals surface area contributed by atoms with Gasteiger partial charge < -0.3 is 14.2 Å². The third kappa shape index (κ3) is 1.24. The van der Waals surface area contributed by atoms with Gasteiger partial charge in [-0.25, -0.2) is 0 Å². The van der Waals surface area contributed by atoms with Crippen LogP contribution in [0.15, 0.2) is 24.3 Å². The van der Waals surface area contributed by atoms with E-state index < -0.39 is 0 Å². The maximum absolute atomic E-state index is 6.03. The lowest BCUT2D eigenvalue weighted by Gasteiger charge is -2.09. The monoisotopic (exact) mass is 204 g/mol. The molecule has 4 unspecified atom stereocenters. The molecule has 1 aromatic rings. The van der Waals surface area contributed by atoms with Crippen molar-refractivity contribution in [3.8, 4) is 0 Å². The maximum atomic E-state index is 6.03. The van der Waals surface area contributed by atoms with Crippen LogP contribution in [0.2, 0.25) is 0 Å². The van der Waals surface area contributed by atoms with Gasteiger partial charge in [0.15, 0.2) is 0 Å². The summed E-state index contributed by atoms with van der Waals surface area (Å²) in [6, 6.07) is 8.41. The van der Waals surface area contributed by atoms with Crippen molar-refractivity contribution in [3.05, 3.63) is 35.4 Å². The second-order valence-electron chi connectivity index (χ2n) is 4.35. The van der Waals surface area contributed by atoms with Gasteiger partial charge in [0.05, 0.1) is 13.2 Å². The maximum Gasteiger partial charge on any atom is 0.112 e. The van der Waals surface area contributed by atoms with E-state index in [-0.39, 0.29) is 24.4 Å². The topological polar surface area (TPSA) is 34.3 Å². The summed E-state index contributed by atoms with van der Waals surface area (Å²) in [7, 11) is 0. The smallest absolute Gasteiger partial charge is 0.112 e. The first kappa shape index (κ1) is 8.28. The Morgan fingerprint density at radius 3 is 1.73 bits per heavy atom. The lowest BCUT2D eigenvalue weighted by atomic mass is 9.99. The summed E-state index contributed by atoms with van der Waals surface area (Å²) >= 11 is 0. The van der Waals surface area contributed by atoms with Crippen LogP contribution in [0.5, 0.6) is 0 Å². The molecule has 0 saturated carbocycles. The van der Waals surface area contributed by atoms with Crippen molar-refractivity contribution in [1.82, 2.24) is 0 Å². The Kier molecular flexibility index (Phi) is 1.55. The summed E-state index contributed by atoms with van der Waals surface area (Å²) in [5, 5.41) is 0. The van der Waals surface area contributed by atoms with Gasteiger partial charge in [-0.3, -0.25) is 0 Å². The first-order valence-corrected chi connectivity index (χ1v) is 5.41. The number of benzene rings is 1. The molecular formula is C12H12O3. The molecule has 2 saturated heterocycles. The molecule has 3 heterocycles. The van der Waals surface area contributed by atoms with Gasteiger partial charge in [-0.1, -0.05) is 24.3 Å². The molecule has 0 bridgehead atoms. The van der Waals surface area contributed by atoms with Gasteiger partial charge in [0.2, 0.25) is 0 Å². The number of ether oxygens (including phenoxy) is 3. The van der Waals surface area contributed by atoms with Crippen LogP contribution < -0.4 is 0 Å². The summed E-state index contributed by atoms with van der Waals surface area (Å²) in [6.07, 6.45) is 0.815. The molecule has 0 aliphatic carbocycles. The second-order valence-corrected chi connectivity index (χ2v) is 4.35. The summed E-state index contributed by atoms with van der Waals surface area (Å²) in [5.41, 5.74) is 2.58. The Morgan fingerprint density at radius 1 is 0.867 bits per heavy atom. The number of hydrogen-bond donors (Lipinski definition) is 0. The van der Waals surface area contributed by atoms with Gasteiger partial charge in [0.25, 0.3) is 0 Å². The molecule has 1 aromatic carbocycles. The highest BCUT2D eigenvalue weighted by molar-refractivity contribution is 5.37. The first-order valence-electron chi connectivity index (χ1n) is 5.41. The fourth-order valence-corrected chi connectivity index (χ4v) is 2.37. The Morgan fingerprint density at radius 2 is 1.33 bits per heavy atom. The summed E-state index contributed by atoms with van der Waals surface area (Å²) in [6.45, 7) is 1.66. The van der Waals surface area contributed by atoms with Gasteiger partial charge in [-0.2, -0.15) is 0 Å². The molecule has 0 N–H and O–H groups in total. The largest absolute Gasteiger partial charge is 0.370 e. The molecule has 0 spiro atoms. The number of fused-ring (bicyclic) bond motifs is 1. The van der Waals surface area contributed by atoms with Crippen LogP contribution in [0.1, 0.15) is 23.3 Å². The summed E-state index contributed by atoms with van der Waals surface area (Å²) in [4.78, 5) is 0. The average Bonchev–Trinajstić information content (AvgIpc) is 3.15. The van der Waals surface area contributed by atoms with Gasteiger partial charge in [0, 0.05) is 0 Å². The Hall–Kier alpha value is -0.900. The minimum atomic E-state index is 0.135. The van der Waals surface area contributed by atoms with Crippen molar-refractivity contribution in [3.63, 3.8) is 0 Å². The lowest BCUT2D eigenvalue weighted by Crippen LogP contribution is -2.08. The van der Waals surface area contributed by atoms with Crippen molar-refractivity contribution in [2.24, 2.45) is 0 Å². The quantitative estimate of drug-likeness (QED) is 0.686. The third-order valence-electron chi connectivity index (χ3n) is 3.30. The van der Waals surface area contributed by atoms with Crippen molar-refractivity contribution >= 4 is 0 Å². The highest BCUT2D eigenvalue weighted by atomic mass is 16.6. The van der Waals surface area contributed by atoms with Crippen molar-refractivity contribution in [2.75, 3.05) is 13.2 Å². The van der Waals surface area contributed by atoms with Crippen LogP contribution in [-0.2, 0) is 14.2 Å². The van der Waals surface area contributed by atoms with E-state index in [1.807, 2.05) is 0 Å². The molecule has 0 radical (unpaired) electrons. The second kappa shape index (κ2) is 2.82. The molecule has 0 aromatic heterocycles. The predicted octanol–water partition coefficient (Wildman–Crippen LogP) is 1.60. The van der Waals surface area contributed by atoms with Crippen molar-refractivity contribution in [1.29, 1.82) is 0 Å². The predicted molar refractivity (Wildman–Crippen MR) is 52.5 cm³/mol. The highest BCUT2D eigenvalue weighted by Crippen LogP contribution is 2.48. The van der Waals surface area contributed by atoms with Gasteiger partial charge in [-0.15, -0.1) is 0 Å². The van der Waals surface area contributed by atoms with E-state index in [0.29, 0.717) is 0 Å². The fourth-order valence-electron chi connectivity index (χ4n) is 2.37. The van der Waals surface area contributed by atoms with E-state index in [4.69, 9.17) is 14.2 Å². The van der Waals surface area contributed by atoms with E-state index >= 15 is 0 Å². The van der Waals surface area contributed by atoms with E-state index in [1.54, 1.807) is 0 Å². The third-order valence-corrected chi connectivity index (χ3v) is 3.30. The molecule has 3 heteroatoms. The zero-order valence-electron chi connectivity index (χ0n) is 8.26. The van der Waals surface area contributed by atoms with E-state index in [2.05, 4.69) is 24.3 Å². The fraction of sp³-hybridized carbons (Fsp3) is 0.500. The number of hydrogen-bond acceptors (Lipinski definition) is 3. The Bertz CT molecular complexity index is 359. The van der Waals surface area contributed by atoms with Crippen LogP contribution in [0.4, 0.5) is 0 Å². The number of rotatable bonds is 2. The van der Waals surface area contributed by atoms with Crippen LogP contribution >= 0.6 is 0 Å². The standard InChI is InChI=1S/C12H12O3/c1-2-4-8-7(3-1)11(9-5-13-9)15-12(8)10-6-14-10/h1-4,9-12H,5-6H2. The molecule has 3 nitrogen and oxygen atoms in total. The van der Waals surface area contributed by atoms with E-state index in [9.17, 15) is 0 Å². The van der Waals surface area contributed by atoms with Crippen molar-refractivity contribution < 1.29 is 14.2 Å². The highest BCUT2D eigenvalue weighted by Gasteiger charge is 2.48. The molecule has 15 heavy (non-hydrogen) atoms. The zero-order chi connectivity index (χ0) is 9.83. The molecule has 3 aliphatic heterocycles. The average molecular weight is 204 g/mol. The van der Waals surface area contributed by atoms with Crippen LogP contribution in [0.25, 0.3) is 0 Å². The Labute approximate surface area is 87.9 Å². The first-order chi connectivity index (χ1) is 7.43. The van der Waals surface area contributed by atoms with E-state index in [1.165, 1.54) is 11.1 Å². The van der Waals surface area contributed by atoms with Crippen LogP contribution in [0.3, 0.4) is 0 Å². The van der Waals surface area contributed by atoms with Crippen molar-refractivity contribution in [2.45, 2.75) is 24.4 Å².